The maximum atomic E-state index is 12.8. The zero-order chi connectivity index (χ0) is 19.9. The number of anilines is 1. The van der Waals surface area contributed by atoms with Crippen LogP contribution < -0.4 is 5.32 Å². The number of carbonyl (C=O) groups excluding carboxylic acids is 1. The van der Waals surface area contributed by atoms with Crippen LogP contribution in [0.2, 0.25) is 5.02 Å². The zero-order valence-electron chi connectivity index (χ0n) is 15.7. The Morgan fingerprint density at radius 1 is 1.14 bits per heavy atom. The van der Waals surface area contributed by atoms with Gasteiger partial charge in [-0.05, 0) is 54.4 Å². The smallest absolute Gasteiger partial charge is 0.322 e. The molecule has 146 valence electrons. The lowest BCUT2D eigenvalue weighted by molar-refractivity contribution is 0.208. The SMILES string of the molecule is CCCN(Cc1cccn1Cc1cccc(Cl)c1)C(=O)Nc1cccc(Br)c1. The average Bonchev–Trinajstić information content (AvgIpc) is 3.08. The molecule has 4 nitrogen and oxygen atoms in total. The Balaban J connectivity index is 1.72. The van der Waals surface area contributed by atoms with Gasteiger partial charge in [0.05, 0.1) is 6.54 Å². The number of carbonyl (C=O) groups is 1. The fourth-order valence-corrected chi connectivity index (χ4v) is 3.68. The monoisotopic (exact) mass is 459 g/mol. The first-order valence-electron chi connectivity index (χ1n) is 9.25. The highest BCUT2D eigenvalue weighted by molar-refractivity contribution is 9.10. The van der Waals surface area contributed by atoms with Crippen LogP contribution in [-0.2, 0) is 13.1 Å². The second-order valence-corrected chi connectivity index (χ2v) is 7.97. The van der Waals surface area contributed by atoms with Gasteiger partial charge >= 0.3 is 6.03 Å². The topological polar surface area (TPSA) is 37.3 Å². The van der Waals surface area contributed by atoms with E-state index in [9.17, 15) is 4.79 Å². The molecule has 3 rings (SSSR count). The van der Waals surface area contributed by atoms with Crippen LogP contribution in [0.25, 0.3) is 0 Å². The van der Waals surface area contributed by atoms with Crippen molar-refractivity contribution in [1.82, 2.24) is 9.47 Å². The maximum absolute atomic E-state index is 12.8. The fraction of sp³-hybridized carbons (Fsp3) is 0.227. The van der Waals surface area contributed by atoms with Gasteiger partial charge in [0.15, 0.2) is 0 Å². The summed E-state index contributed by atoms with van der Waals surface area (Å²) in [6.07, 6.45) is 2.92. The zero-order valence-corrected chi connectivity index (χ0v) is 18.1. The lowest BCUT2D eigenvalue weighted by Gasteiger charge is -2.23. The predicted molar refractivity (Wildman–Crippen MR) is 119 cm³/mol. The highest BCUT2D eigenvalue weighted by atomic mass is 79.9. The molecule has 0 saturated heterocycles. The molecule has 2 amide bonds. The van der Waals surface area contributed by atoms with E-state index in [1.807, 2.05) is 59.6 Å². The molecule has 0 aliphatic heterocycles. The number of benzene rings is 2. The summed E-state index contributed by atoms with van der Waals surface area (Å²) in [5, 5.41) is 3.72. The van der Waals surface area contributed by atoms with Crippen LogP contribution in [-0.4, -0.2) is 22.0 Å². The van der Waals surface area contributed by atoms with Gasteiger partial charge in [-0.25, -0.2) is 4.79 Å². The third-order valence-corrected chi connectivity index (χ3v) is 5.10. The van der Waals surface area contributed by atoms with Crippen molar-refractivity contribution in [3.05, 3.63) is 87.6 Å². The summed E-state index contributed by atoms with van der Waals surface area (Å²) in [6.45, 7) is 4.02. The minimum atomic E-state index is -0.101. The number of urea groups is 1. The molecule has 1 aromatic heterocycles. The number of rotatable bonds is 7. The van der Waals surface area contributed by atoms with E-state index in [2.05, 4.69) is 44.9 Å². The van der Waals surface area contributed by atoms with Crippen molar-refractivity contribution in [3.8, 4) is 0 Å². The molecule has 0 bridgehead atoms. The first-order valence-corrected chi connectivity index (χ1v) is 10.4. The molecule has 0 fully saturated rings. The van der Waals surface area contributed by atoms with Crippen molar-refractivity contribution in [2.75, 3.05) is 11.9 Å². The van der Waals surface area contributed by atoms with Crippen molar-refractivity contribution in [2.45, 2.75) is 26.4 Å². The molecular formula is C22H23BrClN3O. The normalized spacial score (nSPS) is 10.7. The third-order valence-electron chi connectivity index (χ3n) is 4.37. The van der Waals surface area contributed by atoms with Crippen molar-refractivity contribution in [2.24, 2.45) is 0 Å². The summed E-state index contributed by atoms with van der Waals surface area (Å²) in [5.74, 6) is 0. The lowest BCUT2D eigenvalue weighted by atomic mass is 10.2. The summed E-state index contributed by atoms with van der Waals surface area (Å²) < 4.78 is 3.09. The Morgan fingerprint density at radius 2 is 1.96 bits per heavy atom. The average molecular weight is 461 g/mol. The summed E-state index contributed by atoms with van der Waals surface area (Å²) in [7, 11) is 0. The number of hydrogen-bond donors (Lipinski definition) is 1. The number of nitrogens with one attached hydrogen (secondary N) is 1. The molecule has 0 spiro atoms. The van der Waals surface area contributed by atoms with E-state index in [1.165, 1.54) is 0 Å². The van der Waals surface area contributed by atoms with Crippen LogP contribution in [0.4, 0.5) is 10.5 Å². The van der Waals surface area contributed by atoms with Crippen LogP contribution in [0.3, 0.4) is 0 Å². The molecule has 0 radical (unpaired) electrons. The first kappa shape index (κ1) is 20.5. The third kappa shape index (κ3) is 5.63. The molecular weight excluding hydrogens is 438 g/mol. The highest BCUT2D eigenvalue weighted by Crippen LogP contribution is 2.18. The molecule has 6 heteroatoms. The number of hydrogen-bond acceptors (Lipinski definition) is 1. The van der Waals surface area contributed by atoms with Crippen LogP contribution >= 0.6 is 27.5 Å². The first-order chi connectivity index (χ1) is 13.5. The second-order valence-electron chi connectivity index (χ2n) is 6.62. The Bertz CT molecular complexity index is 941. The molecule has 0 atom stereocenters. The van der Waals surface area contributed by atoms with Crippen molar-refractivity contribution >= 4 is 39.2 Å². The van der Waals surface area contributed by atoms with Gasteiger partial charge in [-0.3, -0.25) is 0 Å². The van der Waals surface area contributed by atoms with E-state index < -0.39 is 0 Å². The van der Waals surface area contributed by atoms with Gasteiger partial charge in [-0.1, -0.05) is 52.7 Å². The molecule has 28 heavy (non-hydrogen) atoms. The van der Waals surface area contributed by atoms with Gasteiger partial charge in [0.25, 0.3) is 0 Å². The standard InChI is InChI=1S/C22H23BrClN3O/c1-2-11-27(22(28)25-20-9-4-7-18(23)14-20)16-21-10-5-12-26(21)15-17-6-3-8-19(24)13-17/h3-10,12-14H,2,11,15-16H2,1H3,(H,25,28). The van der Waals surface area contributed by atoms with E-state index >= 15 is 0 Å². The Labute approximate surface area is 179 Å². The Morgan fingerprint density at radius 3 is 2.71 bits per heavy atom. The molecule has 0 saturated carbocycles. The van der Waals surface area contributed by atoms with Gasteiger partial charge in [0.1, 0.15) is 0 Å². The Hall–Kier alpha value is -2.24. The van der Waals surface area contributed by atoms with Crippen LogP contribution in [0.1, 0.15) is 24.6 Å². The summed E-state index contributed by atoms with van der Waals surface area (Å²) in [5.41, 5.74) is 2.98. The molecule has 0 unspecified atom stereocenters. The largest absolute Gasteiger partial charge is 0.345 e. The predicted octanol–water partition coefficient (Wildman–Crippen LogP) is 6.40. The second kappa shape index (κ2) is 9.80. The molecule has 1 N–H and O–H groups in total. The quantitative estimate of drug-likeness (QED) is 0.435. The van der Waals surface area contributed by atoms with Crippen molar-refractivity contribution in [3.63, 3.8) is 0 Å². The number of nitrogens with zero attached hydrogens (tertiary/aromatic N) is 2. The molecule has 1 heterocycles. The van der Waals surface area contributed by atoms with Gasteiger partial charge < -0.3 is 14.8 Å². The minimum Gasteiger partial charge on any atom is -0.345 e. The van der Waals surface area contributed by atoms with Gasteiger partial charge in [-0.15, -0.1) is 0 Å². The fourth-order valence-electron chi connectivity index (χ4n) is 3.07. The number of amides is 2. The van der Waals surface area contributed by atoms with Crippen LogP contribution in [0.15, 0.2) is 71.3 Å². The summed E-state index contributed by atoms with van der Waals surface area (Å²) >= 11 is 9.54. The van der Waals surface area contributed by atoms with Gasteiger partial charge in [0, 0.05) is 40.2 Å². The molecule has 0 aliphatic carbocycles. The number of halogens is 2. The highest BCUT2D eigenvalue weighted by Gasteiger charge is 2.15. The molecule has 2 aromatic carbocycles. The van der Waals surface area contributed by atoms with E-state index in [4.69, 9.17) is 11.6 Å². The van der Waals surface area contributed by atoms with Gasteiger partial charge in [0.2, 0.25) is 0 Å². The summed E-state index contributed by atoms with van der Waals surface area (Å²) in [4.78, 5) is 14.7. The minimum absolute atomic E-state index is 0.101. The maximum Gasteiger partial charge on any atom is 0.322 e. The number of aromatic nitrogens is 1. The van der Waals surface area contributed by atoms with Crippen LogP contribution in [0, 0.1) is 0 Å². The molecule has 3 aromatic rings. The summed E-state index contributed by atoms with van der Waals surface area (Å²) in [6, 6.07) is 19.4. The molecule has 0 aliphatic rings. The van der Waals surface area contributed by atoms with Crippen molar-refractivity contribution in [1.29, 1.82) is 0 Å². The van der Waals surface area contributed by atoms with E-state index in [0.29, 0.717) is 13.1 Å². The van der Waals surface area contributed by atoms with E-state index in [1.54, 1.807) is 0 Å². The van der Waals surface area contributed by atoms with Crippen molar-refractivity contribution < 1.29 is 4.79 Å². The lowest BCUT2D eigenvalue weighted by Crippen LogP contribution is -2.35. The Kier molecular flexibility index (Phi) is 7.18. The van der Waals surface area contributed by atoms with Gasteiger partial charge in [-0.2, -0.15) is 0 Å². The van der Waals surface area contributed by atoms with E-state index in [0.717, 1.165) is 39.4 Å². The van der Waals surface area contributed by atoms with Crippen LogP contribution in [0.5, 0.6) is 0 Å². The van der Waals surface area contributed by atoms with E-state index in [-0.39, 0.29) is 6.03 Å².